The van der Waals surface area contributed by atoms with Crippen molar-refractivity contribution in [3.05, 3.63) is 35.9 Å². The molecule has 0 saturated heterocycles. The predicted octanol–water partition coefficient (Wildman–Crippen LogP) is 2.79. The molecule has 96 valence electrons. The van der Waals surface area contributed by atoms with E-state index >= 15 is 0 Å². The lowest BCUT2D eigenvalue weighted by Gasteiger charge is -2.17. The van der Waals surface area contributed by atoms with E-state index in [2.05, 4.69) is 5.43 Å². The van der Waals surface area contributed by atoms with Crippen molar-refractivity contribution in [1.29, 1.82) is 0 Å². The van der Waals surface area contributed by atoms with Crippen molar-refractivity contribution < 1.29 is 13.2 Å². The molecule has 3 N–H and O–H groups in total. The molecule has 0 aliphatic heterocycles. The van der Waals surface area contributed by atoms with Crippen LogP contribution in [0, 0.1) is 0 Å². The minimum absolute atomic E-state index is 0.422. The van der Waals surface area contributed by atoms with Crippen LogP contribution in [-0.2, 0) is 6.42 Å². The largest absolute Gasteiger partial charge is 0.390 e. The van der Waals surface area contributed by atoms with E-state index in [1.807, 2.05) is 30.3 Å². The molecule has 1 aromatic carbocycles. The first-order valence-corrected chi connectivity index (χ1v) is 5.58. The quantitative estimate of drug-likeness (QED) is 0.598. The summed E-state index contributed by atoms with van der Waals surface area (Å²) in [5, 5.41) is 0. The van der Waals surface area contributed by atoms with Gasteiger partial charge in [0.05, 0.1) is 6.42 Å². The van der Waals surface area contributed by atoms with Crippen LogP contribution in [0.5, 0.6) is 0 Å². The van der Waals surface area contributed by atoms with Crippen LogP contribution >= 0.6 is 0 Å². The zero-order valence-electron chi connectivity index (χ0n) is 9.50. The van der Waals surface area contributed by atoms with Crippen molar-refractivity contribution in [1.82, 2.24) is 5.43 Å². The van der Waals surface area contributed by atoms with E-state index in [9.17, 15) is 13.2 Å². The average Bonchev–Trinajstić information content (AvgIpc) is 2.27. The lowest BCUT2D eigenvalue weighted by Crippen LogP contribution is -2.38. The highest BCUT2D eigenvalue weighted by molar-refractivity contribution is 5.14. The molecule has 1 aromatic rings. The molecule has 0 amide bonds. The fourth-order valence-corrected chi connectivity index (χ4v) is 1.72. The van der Waals surface area contributed by atoms with E-state index in [0.717, 1.165) is 12.0 Å². The van der Waals surface area contributed by atoms with E-state index in [0.29, 0.717) is 12.8 Å². The summed E-state index contributed by atoms with van der Waals surface area (Å²) in [4.78, 5) is 0. The second kappa shape index (κ2) is 6.61. The smallest absolute Gasteiger partial charge is 0.271 e. The Morgan fingerprint density at radius 1 is 1.18 bits per heavy atom. The molecule has 0 bridgehead atoms. The molecule has 1 unspecified atom stereocenters. The summed E-state index contributed by atoms with van der Waals surface area (Å²) < 4.78 is 36.4. The number of nitrogens with two attached hydrogens (primary N) is 1. The zero-order valence-corrected chi connectivity index (χ0v) is 9.50. The van der Waals surface area contributed by atoms with Gasteiger partial charge in [-0.3, -0.25) is 11.3 Å². The second-order valence-electron chi connectivity index (χ2n) is 4.06. The Kier molecular flexibility index (Phi) is 5.44. The molecule has 2 nitrogen and oxygen atoms in total. The Morgan fingerprint density at radius 2 is 1.82 bits per heavy atom. The Hall–Kier alpha value is -1.07. The van der Waals surface area contributed by atoms with Crippen molar-refractivity contribution in [3.63, 3.8) is 0 Å². The Morgan fingerprint density at radius 3 is 2.35 bits per heavy atom. The standard InChI is InChI=1S/C12H17F3N2/c13-12(14,15)9-11(17-16)8-4-7-10-5-2-1-3-6-10/h1-3,5-6,11,17H,4,7-9,16H2. The summed E-state index contributed by atoms with van der Waals surface area (Å²) in [6, 6.07) is 8.99. The van der Waals surface area contributed by atoms with Gasteiger partial charge in [0.2, 0.25) is 0 Å². The normalized spacial score (nSPS) is 13.6. The van der Waals surface area contributed by atoms with Crippen LogP contribution in [0.25, 0.3) is 0 Å². The van der Waals surface area contributed by atoms with Gasteiger partial charge in [0.25, 0.3) is 0 Å². The van der Waals surface area contributed by atoms with Gasteiger partial charge in [0.1, 0.15) is 0 Å². The van der Waals surface area contributed by atoms with Crippen molar-refractivity contribution in [2.75, 3.05) is 0 Å². The molecular weight excluding hydrogens is 229 g/mol. The number of aryl methyl sites for hydroxylation is 1. The predicted molar refractivity (Wildman–Crippen MR) is 61.2 cm³/mol. The molecule has 1 rings (SSSR count). The van der Waals surface area contributed by atoms with E-state index in [-0.39, 0.29) is 0 Å². The molecule has 0 heterocycles. The third kappa shape index (κ3) is 6.28. The van der Waals surface area contributed by atoms with Gasteiger partial charge < -0.3 is 0 Å². The summed E-state index contributed by atoms with van der Waals surface area (Å²) in [7, 11) is 0. The van der Waals surface area contributed by atoms with Gasteiger partial charge in [-0.25, -0.2) is 0 Å². The molecule has 0 aliphatic carbocycles. The molecule has 0 saturated carbocycles. The first-order valence-electron chi connectivity index (χ1n) is 5.58. The van der Waals surface area contributed by atoms with Gasteiger partial charge >= 0.3 is 6.18 Å². The monoisotopic (exact) mass is 246 g/mol. The molecule has 0 radical (unpaired) electrons. The Balaban J connectivity index is 2.29. The van der Waals surface area contributed by atoms with Crippen LogP contribution in [-0.4, -0.2) is 12.2 Å². The summed E-state index contributed by atoms with van der Waals surface area (Å²) in [6.07, 6.45) is -3.15. The van der Waals surface area contributed by atoms with Crippen LogP contribution in [0.15, 0.2) is 30.3 Å². The number of hydrazine groups is 1. The van der Waals surface area contributed by atoms with Crippen LogP contribution in [0.1, 0.15) is 24.8 Å². The van der Waals surface area contributed by atoms with E-state index in [1.54, 1.807) is 0 Å². The second-order valence-corrected chi connectivity index (χ2v) is 4.06. The number of alkyl halides is 3. The molecule has 0 aliphatic rings. The topological polar surface area (TPSA) is 38.0 Å². The van der Waals surface area contributed by atoms with Crippen LogP contribution < -0.4 is 11.3 Å². The number of rotatable bonds is 6. The van der Waals surface area contributed by atoms with Crippen molar-refractivity contribution in [2.24, 2.45) is 5.84 Å². The van der Waals surface area contributed by atoms with Gasteiger partial charge in [0, 0.05) is 6.04 Å². The maximum absolute atomic E-state index is 12.1. The number of halogens is 3. The number of hydrogen-bond donors (Lipinski definition) is 2. The van der Waals surface area contributed by atoms with E-state index in [4.69, 9.17) is 5.84 Å². The number of benzene rings is 1. The first-order chi connectivity index (χ1) is 8.01. The molecule has 17 heavy (non-hydrogen) atoms. The number of hydrogen-bond acceptors (Lipinski definition) is 2. The number of nitrogens with one attached hydrogen (secondary N) is 1. The lowest BCUT2D eigenvalue weighted by atomic mass is 10.0. The Bertz CT molecular complexity index is 311. The van der Waals surface area contributed by atoms with Crippen LogP contribution in [0.2, 0.25) is 0 Å². The fourth-order valence-electron chi connectivity index (χ4n) is 1.72. The lowest BCUT2D eigenvalue weighted by molar-refractivity contribution is -0.140. The van der Waals surface area contributed by atoms with Gasteiger partial charge in [-0.2, -0.15) is 13.2 Å². The van der Waals surface area contributed by atoms with E-state index in [1.165, 1.54) is 0 Å². The fraction of sp³-hybridized carbons (Fsp3) is 0.500. The van der Waals surface area contributed by atoms with Crippen LogP contribution in [0.3, 0.4) is 0 Å². The summed E-state index contributed by atoms with van der Waals surface area (Å²) in [5.74, 6) is 5.11. The van der Waals surface area contributed by atoms with Crippen LogP contribution in [0.4, 0.5) is 13.2 Å². The zero-order chi connectivity index (χ0) is 12.7. The summed E-state index contributed by atoms with van der Waals surface area (Å²) in [5.41, 5.74) is 3.36. The highest BCUT2D eigenvalue weighted by Crippen LogP contribution is 2.23. The molecule has 1 atom stereocenters. The molecule has 0 aromatic heterocycles. The molecule has 5 heteroatoms. The minimum Gasteiger partial charge on any atom is -0.271 e. The summed E-state index contributed by atoms with van der Waals surface area (Å²) in [6.45, 7) is 0. The Labute approximate surface area is 99.0 Å². The van der Waals surface area contributed by atoms with Gasteiger partial charge in [0.15, 0.2) is 0 Å². The van der Waals surface area contributed by atoms with Crippen molar-refractivity contribution in [3.8, 4) is 0 Å². The van der Waals surface area contributed by atoms with Gasteiger partial charge in [-0.1, -0.05) is 30.3 Å². The molecular formula is C12H17F3N2. The van der Waals surface area contributed by atoms with Crippen molar-refractivity contribution in [2.45, 2.75) is 37.9 Å². The third-order valence-electron chi connectivity index (χ3n) is 2.57. The third-order valence-corrected chi connectivity index (χ3v) is 2.57. The maximum atomic E-state index is 12.1. The SMILES string of the molecule is NNC(CCCc1ccccc1)CC(F)(F)F. The average molecular weight is 246 g/mol. The highest BCUT2D eigenvalue weighted by Gasteiger charge is 2.31. The minimum atomic E-state index is -4.16. The van der Waals surface area contributed by atoms with Crippen molar-refractivity contribution >= 4 is 0 Å². The van der Waals surface area contributed by atoms with Gasteiger partial charge in [-0.05, 0) is 24.8 Å². The van der Waals surface area contributed by atoms with E-state index < -0.39 is 18.6 Å². The molecule has 0 fully saturated rings. The molecule has 0 spiro atoms. The highest BCUT2D eigenvalue weighted by atomic mass is 19.4. The first kappa shape index (κ1) is 14.0. The summed E-state index contributed by atoms with van der Waals surface area (Å²) >= 11 is 0. The van der Waals surface area contributed by atoms with Gasteiger partial charge in [-0.15, -0.1) is 0 Å². The maximum Gasteiger partial charge on any atom is 0.390 e.